The molecule has 4 nitrogen and oxygen atoms in total. The van der Waals surface area contributed by atoms with Gasteiger partial charge in [0.25, 0.3) is 0 Å². The van der Waals surface area contributed by atoms with Crippen molar-refractivity contribution in [2.45, 2.75) is 25.7 Å². The van der Waals surface area contributed by atoms with Crippen molar-refractivity contribution in [3.05, 3.63) is 65.2 Å². The van der Waals surface area contributed by atoms with E-state index in [2.05, 4.69) is 10.1 Å². The number of carbonyl (C=O) groups excluding carboxylic acids is 1. The van der Waals surface area contributed by atoms with Crippen molar-refractivity contribution in [3.8, 4) is 5.75 Å². The third-order valence-electron chi connectivity index (χ3n) is 3.61. The van der Waals surface area contributed by atoms with E-state index in [9.17, 15) is 18.0 Å². The SMILES string of the molecule is Cc1ccc(C(N)C(=O)NCCc2ccccc2OC(F)(F)F)cc1.Cl. The van der Waals surface area contributed by atoms with Crippen LogP contribution >= 0.6 is 12.4 Å². The highest BCUT2D eigenvalue weighted by atomic mass is 35.5. The van der Waals surface area contributed by atoms with Gasteiger partial charge in [0.1, 0.15) is 11.8 Å². The summed E-state index contributed by atoms with van der Waals surface area (Å²) in [4.78, 5) is 12.1. The number of aryl methyl sites for hydroxylation is 1. The Bertz CT molecular complexity index is 721. The van der Waals surface area contributed by atoms with E-state index in [0.717, 1.165) is 5.56 Å². The summed E-state index contributed by atoms with van der Waals surface area (Å²) in [7, 11) is 0. The minimum atomic E-state index is -4.76. The second kappa shape index (κ2) is 9.45. The minimum Gasteiger partial charge on any atom is -0.406 e. The van der Waals surface area contributed by atoms with E-state index >= 15 is 0 Å². The molecule has 26 heavy (non-hydrogen) atoms. The van der Waals surface area contributed by atoms with E-state index in [1.807, 2.05) is 19.1 Å². The highest BCUT2D eigenvalue weighted by Gasteiger charge is 2.31. The van der Waals surface area contributed by atoms with Gasteiger partial charge in [0.05, 0.1) is 0 Å². The number of ether oxygens (including phenoxy) is 1. The van der Waals surface area contributed by atoms with Crippen LogP contribution in [0.25, 0.3) is 0 Å². The number of para-hydroxylation sites is 1. The molecule has 0 radical (unpaired) electrons. The molecule has 2 aromatic carbocycles. The van der Waals surface area contributed by atoms with Crippen molar-refractivity contribution in [3.63, 3.8) is 0 Å². The van der Waals surface area contributed by atoms with Crippen LogP contribution in [0.5, 0.6) is 5.75 Å². The average Bonchev–Trinajstić information content (AvgIpc) is 2.55. The van der Waals surface area contributed by atoms with Crippen LogP contribution in [0.3, 0.4) is 0 Å². The maximum absolute atomic E-state index is 12.4. The van der Waals surface area contributed by atoms with E-state index in [1.165, 1.54) is 18.2 Å². The van der Waals surface area contributed by atoms with E-state index in [4.69, 9.17) is 5.73 Å². The van der Waals surface area contributed by atoms with E-state index in [1.54, 1.807) is 18.2 Å². The molecule has 0 spiro atoms. The molecule has 1 amide bonds. The van der Waals surface area contributed by atoms with Crippen molar-refractivity contribution in [1.29, 1.82) is 0 Å². The normalized spacial score (nSPS) is 12.0. The van der Waals surface area contributed by atoms with E-state index in [0.29, 0.717) is 11.1 Å². The van der Waals surface area contributed by atoms with Gasteiger partial charge in [0, 0.05) is 6.54 Å². The zero-order valence-corrected chi connectivity index (χ0v) is 14.9. The summed E-state index contributed by atoms with van der Waals surface area (Å²) < 4.78 is 41.1. The molecule has 0 aliphatic heterocycles. The third-order valence-corrected chi connectivity index (χ3v) is 3.61. The summed E-state index contributed by atoms with van der Waals surface area (Å²) in [6, 6.07) is 12.2. The van der Waals surface area contributed by atoms with E-state index in [-0.39, 0.29) is 31.1 Å². The first-order valence-corrected chi connectivity index (χ1v) is 7.70. The first-order valence-electron chi connectivity index (χ1n) is 7.70. The maximum atomic E-state index is 12.4. The van der Waals surface area contributed by atoms with Gasteiger partial charge in [0.15, 0.2) is 0 Å². The Morgan fingerprint density at radius 1 is 1.15 bits per heavy atom. The molecule has 0 saturated heterocycles. The second-order valence-corrected chi connectivity index (χ2v) is 5.58. The van der Waals surface area contributed by atoms with Crippen molar-refractivity contribution in [2.75, 3.05) is 6.54 Å². The Morgan fingerprint density at radius 2 is 1.77 bits per heavy atom. The van der Waals surface area contributed by atoms with Crippen LogP contribution in [0, 0.1) is 6.92 Å². The number of benzene rings is 2. The lowest BCUT2D eigenvalue weighted by molar-refractivity contribution is -0.274. The Balaban J connectivity index is 0.00000338. The van der Waals surface area contributed by atoms with Gasteiger partial charge in [-0.2, -0.15) is 0 Å². The first-order chi connectivity index (χ1) is 11.8. The van der Waals surface area contributed by atoms with Gasteiger partial charge in [-0.3, -0.25) is 4.79 Å². The van der Waals surface area contributed by atoms with Gasteiger partial charge < -0.3 is 15.8 Å². The van der Waals surface area contributed by atoms with Gasteiger partial charge in [-0.25, -0.2) is 0 Å². The van der Waals surface area contributed by atoms with Gasteiger partial charge >= 0.3 is 6.36 Å². The van der Waals surface area contributed by atoms with Crippen molar-refractivity contribution in [1.82, 2.24) is 5.32 Å². The monoisotopic (exact) mass is 388 g/mol. The molecule has 0 bridgehead atoms. The van der Waals surface area contributed by atoms with Crippen LogP contribution in [0.1, 0.15) is 22.7 Å². The van der Waals surface area contributed by atoms with Crippen LogP contribution in [-0.4, -0.2) is 18.8 Å². The molecular weight excluding hydrogens is 369 g/mol. The molecule has 0 fully saturated rings. The maximum Gasteiger partial charge on any atom is 0.573 e. The predicted octanol–water partition coefficient (Wildman–Crippen LogP) is 3.67. The molecule has 3 N–H and O–H groups in total. The van der Waals surface area contributed by atoms with E-state index < -0.39 is 18.3 Å². The van der Waals surface area contributed by atoms with Gasteiger partial charge in [-0.15, -0.1) is 25.6 Å². The lowest BCUT2D eigenvalue weighted by atomic mass is 10.1. The largest absolute Gasteiger partial charge is 0.573 e. The molecule has 1 unspecified atom stereocenters. The zero-order valence-electron chi connectivity index (χ0n) is 14.0. The molecule has 0 saturated carbocycles. The summed E-state index contributed by atoms with van der Waals surface area (Å²) in [5.41, 5.74) is 7.97. The summed E-state index contributed by atoms with van der Waals surface area (Å²) in [6.07, 6.45) is -4.56. The number of halogens is 4. The highest BCUT2D eigenvalue weighted by Crippen LogP contribution is 2.26. The molecule has 142 valence electrons. The molecule has 2 rings (SSSR count). The molecule has 0 aliphatic rings. The fraction of sp³-hybridized carbons (Fsp3) is 0.278. The van der Waals surface area contributed by atoms with Gasteiger partial charge in [0.2, 0.25) is 5.91 Å². The second-order valence-electron chi connectivity index (χ2n) is 5.58. The molecule has 2 aromatic rings. The Labute approximate surface area is 155 Å². The Hall–Kier alpha value is -2.25. The summed E-state index contributed by atoms with van der Waals surface area (Å²) in [5.74, 6) is -0.662. The quantitative estimate of drug-likeness (QED) is 0.793. The minimum absolute atomic E-state index is 0. The van der Waals surface area contributed by atoms with Crippen molar-refractivity contribution >= 4 is 18.3 Å². The van der Waals surface area contributed by atoms with Crippen LogP contribution in [0.2, 0.25) is 0 Å². The molecule has 0 aliphatic carbocycles. The number of carbonyl (C=O) groups is 1. The fourth-order valence-electron chi connectivity index (χ4n) is 2.29. The van der Waals surface area contributed by atoms with Gasteiger partial charge in [-0.05, 0) is 30.5 Å². The molecule has 0 heterocycles. The van der Waals surface area contributed by atoms with Crippen LogP contribution < -0.4 is 15.8 Å². The van der Waals surface area contributed by atoms with Crippen LogP contribution in [-0.2, 0) is 11.2 Å². The summed E-state index contributed by atoms with van der Waals surface area (Å²) in [6.45, 7) is 2.08. The smallest absolute Gasteiger partial charge is 0.406 e. The molecule has 1 atom stereocenters. The van der Waals surface area contributed by atoms with Crippen LogP contribution in [0.15, 0.2) is 48.5 Å². The van der Waals surface area contributed by atoms with Crippen molar-refractivity contribution in [2.24, 2.45) is 5.73 Å². The molecule has 8 heteroatoms. The van der Waals surface area contributed by atoms with Crippen molar-refractivity contribution < 1.29 is 22.7 Å². The number of alkyl halides is 3. The predicted molar refractivity (Wildman–Crippen MR) is 95.2 cm³/mol. The standard InChI is InChI=1S/C18H19F3N2O2.ClH/c1-12-6-8-14(9-7-12)16(22)17(24)23-11-10-13-4-2-3-5-15(13)25-18(19,20)21;/h2-9,16H,10-11,22H2,1H3,(H,23,24);1H. The first kappa shape index (κ1) is 21.8. The van der Waals surface area contributed by atoms with Gasteiger partial charge in [-0.1, -0.05) is 48.0 Å². The number of amides is 1. The summed E-state index contributed by atoms with van der Waals surface area (Å²) in [5, 5.41) is 2.63. The fourth-order valence-corrected chi connectivity index (χ4v) is 2.29. The Morgan fingerprint density at radius 3 is 2.38 bits per heavy atom. The highest BCUT2D eigenvalue weighted by molar-refractivity contribution is 5.85. The zero-order chi connectivity index (χ0) is 18.4. The molecule has 0 aromatic heterocycles. The lowest BCUT2D eigenvalue weighted by Crippen LogP contribution is -2.35. The topological polar surface area (TPSA) is 64.4 Å². The third kappa shape index (κ3) is 6.57. The number of hydrogen-bond acceptors (Lipinski definition) is 3. The Kier molecular flexibility index (Phi) is 7.92. The molecular formula is C18H20ClF3N2O2. The number of rotatable bonds is 6. The number of hydrogen-bond donors (Lipinski definition) is 2. The van der Waals surface area contributed by atoms with Crippen LogP contribution in [0.4, 0.5) is 13.2 Å². The summed E-state index contributed by atoms with van der Waals surface area (Å²) >= 11 is 0. The average molecular weight is 389 g/mol. The number of nitrogens with one attached hydrogen (secondary N) is 1. The lowest BCUT2D eigenvalue weighted by Gasteiger charge is -2.15. The number of nitrogens with two attached hydrogens (primary N) is 1.